The fraction of sp³-hybridized carbons (Fsp3) is 0.182. The largest absolute Gasteiger partial charge is 1.00 e. The molecule has 2 rings (SSSR count). The zero-order chi connectivity index (χ0) is 11.5. The van der Waals surface area contributed by atoms with Gasteiger partial charge in [-0.05, 0) is 11.2 Å². The Morgan fingerprint density at radius 3 is 2.88 bits per heavy atom. The highest BCUT2D eigenvalue weighted by molar-refractivity contribution is 8.00. The molecule has 0 bridgehead atoms. The molecule has 0 unspecified atom stereocenters. The Morgan fingerprint density at radius 1 is 1.47 bits per heavy atom. The van der Waals surface area contributed by atoms with Gasteiger partial charge >= 0.3 is 5.97 Å². The van der Waals surface area contributed by atoms with Gasteiger partial charge in [-0.3, -0.25) is 4.79 Å². The first kappa shape index (κ1) is 13.7. The van der Waals surface area contributed by atoms with Crippen molar-refractivity contribution in [2.45, 2.75) is 4.90 Å². The van der Waals surface area contributed by atoms with Crippen molar-refractivity contribution in [2.24, 2.45) is 7.05 Å². The number of aliphatic carboxylic acids is 1. The summed E-state index contributed by atoms with van der Waals surface area (Å²) in [5, 5.41) is 14.0. The van der Waals surface area contributed by atoms with Gasteiger partial charge in [0.1, 0.15) is 5.52 Å². The molecule has 0 saturated carbocycles. The zero-order valence-electron chi connectivity index (χ0n) is 9.13. The van der Waals surface area contributed by atoms with Crippen LogP contribution in [0.25, 0.3) is 10.9 Å². The minimum Gasteiger partial charge on any atom is -1.00 e. The average molecular weight is 271 g/mol. The number of halogens is 1. The fourth-order valence-corrected chi connectivity index (χ4v) is 2.30. The third kappa shape index (κ3) is 3.31. The van der Waals surface area contributed by atoms with Crippen LogP contribution in [-0.2, 0) is 11.8 Å². The van der Waals surface area contributed by atoms with Gasteiger partial charge in [0.15, 0.2) is 7.05 Å². The first-order valence-corrected chi connectivity index (χ1v) is 5.75. The molecule has 1 N–H and O–H groups in total. The lowest BCUT2D eigenvalue weighted by atomic mass is 10.2. The summed E-state index contributed by atoms with van der Waals surface area (Å²) < 4.78 is 1.70. The molecule has 4 nitrogen and oxygen atoms in total. The monoisotopic (exact) mass is 270 g/mol. The van der Waals surface area contributed by atoms with Crippen LogP contribution in [0.3, 0.4) is 0 Å². The maximum absolute atomic E-state index is 10.6. The van der Waals surface area contributed by atoms with E-state index < -0.39 is 5.97 Å². The number of aryl methyl sites for hydroxylation is 1. The molecule has 17 heavy (non-hydrogen) atoms. The predicted octanol–water partition coefficient (Wildman–Crippen LogP) is -1.76. The van der Waals surface area contributed by atoms with Gasteiger partial charge in [-0.2, -0.15) is 0 Å². The SMILES string of the molecule is C[n+]1cc(SCC(=O)O)c2ccccc2n1.[Cl-]. The first-order valence-electron chi connectivity index (χ1n) is 4.77. The second-order valence-corrected chi connectivity index (χ2v) is 4.38. The van der Waals surface area contributed by atoms with Crippen molar-refractivity contribution in [3.8, 4) is 0 Å². The molecular formula is C11H11ClN2O2S. The number of hydrogen-bond acceptors (Lipinski definition) is 3. The Labute approximate surface area is 109 Å². The summed E-state index contributed by atoms with van der Waals surface area (Å²) in [5.74, 6) is -0.748. The Balaban J connectivity index is 0.00000144. The van der Waals surface area contributed by atoms with E-state index in [0.717, 1.165) is 15.8 Å². The highest BCUT2D eigenvalue weighted by Crippen LogP contribution is 2.24. The first-order chi connectivity index (χ1) is 7.66. The van der Waals surface area contributed by atoms with Crippen molar-refractivity contribution < 1.29 is 27.0 Å². The quantitative estimate of drug-likeness (QED) is 0.530. The summed E-state index contributed by atoms with van der Waals surface area (Å²) in [4.78, 5) is 11.5. The van der Waals surface area contributed by atoms with Gasteiger partial charge in [0, 0.05) is 5.39 Å². The van der Waals surface area contributed by atoms with Crippen LogP contribution in [0.2, 0.25) is 0 Å². The number of fused-ring (bicyclic) bond motifs is 1. The van der Waals surface area contributed by atoms with Gasteiger partial charge in [0.25, 0.3) is 0 Å². The van der Waals surface area contributed by atoms with Gasteiger partial charge in [0.2, 0.25) is 6.20 Å². The maximum atomic E-state index is 10.6. The molecule has 6 heteroatoms. The molecule has 0 fully saturated rings. The van der Waals surface area contributed by atoms with E-state index in [4.69, 9.17) is 5.11 Å². The molecule has 90 valence electrons. The number of hydrogen-bond donors (Lipinski definition) is 1. The van der Waals surface area contributed by atoms with Crippen molar-refractivity contribution in [3.05, 3.63) is 30.5 Å². The van der Waals surface area contributed by atoms with Gasteiger partial charge in [-0.15, -0.1) is 11.8 Å². The molecule has 0 aliphatic rings. The molecule has 0 saturated heterocycles. The summed E-state index contributed by atoms with van der Waals surface area (Å²) in [6.45, 7) is 0. The van der Waals surface area contributed by atoms with Gasteiger partial charge in [-0.1, -0.05) is 22.9 Å². The smallest absolute Gasteiger partial charge is 0.313 e. The summed E-state index contributed by atoms with van der Waals surface area (Å²) in [6, 6.07) is 7.71. The molecule has 1 heterocycles. The van der Waals surface area contributed by atoms with Gasteiger partial charge in [-0.25, -0.2) is 0 Å². The summed E-state index contributed by atoms with van der Waals surface area (Å²) in [7, 11) is 1.83. The molecule has 1 aromatic carbocycles. The molecule has 0 amide bonds. The fourth-order valence-electron chi connectivity index (χ4n) is 1.46. The van der Waals surface area contributed by atoms with E-state index in [1.54, 1.807) is 4.68 Å². The van der Waals surface area contributed by atoms with Crippen LogP contribution >= 0.6 is 11.8 Å². The minimum absolute atomic E-state index is 0. The standard InChI is InChI=1S/C11H10N2O2S.ClH/c1-13-6-10(16-7-11(14)15)8-4-2-3-5-9(8)12-13;/h2-6H,7H2,1H3;1H. The van der Waals surface area contributed by atoms with E-state index >= 15 is 0 Å². The number of aromatic nitrogens is 2. The van der Waals surface area contributed by atoms with Crippen molar-refractivity contribution in [1.82, 2.24) is 5.10 Å². The Hall–Kier alpha value is -1.33. The van der Waals surface area contributed by atoms with Crippen LogP contribution in [0.1, 0.15) is 0 Å². The third-order valence-corrected chi connectivity index (χ3v) is 3.12. The van der Waals surface area contributed by atoms with Gasteiger partial charge < -0.3 is 17.5 Å². The van der Waals surface area contributed by atoms with Crippen molar-refractivity contribution in [1.29, 1.82) is 0 Å². The van der Waals surface area contributed by atoms with Crippen LogP contribution in [0.5, 0.6) is 0 Å². The highest BCUT2D eigenvalue weighted by Gasteiger charge is 2.10. The molecule has 0 radical (unpaired) electrons. The van der Waals surface area contributed by atoms with Crippen LogP contribution in [0.4, 0.5) is 0 Å². The molecule has 0 aliphatic heterocycles. The number of benzene rings is 1. The number of carboxylic acids is 1. The Bertz CT molecular complexity index is 548. The second kappa shape index (κ2) is 5.84. The molecule has 0 aliphatic carbocycles. The van der Waals surface area contributed by atoms with E-state index in [1.165, 1.54) is 11.8 Å². The van der Waals surface area contributed by atoms with E-state index in [1.807, 2.05) is 37.5 Å². The lowest BCUT2D eigenvalue weighted by Gasteiger charge is -2.01. The predicted molar refractivity (Wildman–Crippen MR) is 61.3 cm³/mol. The van der Waals surface area contributed by atoms with Crippen LogP contribution < -0.4 is 17.1 Å². The summed E-state index contributed by atoms with van der Waals surface area (Å²) in [6.07, 6.45) is 1.84. The average Bonchev–Trinajstić information content (AvgIpc) is 2.25. The van der Waals surface area contributed by atoms with E-state index in [0.29, 0.717) is 0 Å². The molecule has 0 spiro atoms. The number of carbonyl (C=O) groups is 1. The van der Waals surface area contributed by atoms with Crippen LogP contribution in [0, 0.1) is 0 Å². The van der Waals surface area contributed by atoms with Crippen molar-refractivity contribution in [2.75, 3.05) is 5.75 Å². The molecule has 2 aromatic rings. The van der Waals surface area contributed by atoms with Crippen LogP contribution in [0.15, 0.2) is 35.4 Å². The zero-order valence-corrected chi connectivity index (χ0v) is 10.7. The van der Waals surface area contributed by atoms with E-state index in [9.17, 15) is 4.79 Å². The second-order valence-electron chi connectivity index (χ2n) is 3.37. The summed E-state index contributed by atoms with van der Waals surface area (Å²) >= 11 is 1.31. The number of carboxylic acid groups (broad SMARTS) is 1. The Kier molecular flexibility index (Phi) is 4.72. The Morgan fingerprint density at radius 2 is 2.18 bits per heavy atom. The molecule has 1 aromatic heterocycles. The highest BCUT2D eigenvalue weighted by atomic mass is 35.5. The summed E-state index contributed by atoms with van der Waals surface area (Å²) in [5.41, 5.74) is 0.875. The number of thioether (sulfide) groups is 1. The normalized spacial score (nSPS) is 9.94. The van der Waals surface area contributed by atoms with E-state index in [2.05, 4.69) is 5.10 Å². The minimum atomic E-state index is -0.812. The van der Waals surface area contributed by atoms with Crippen LogP contribution in [-0.4, -0.2) is 21.9 Å². The van der Waals surface area contributed by atoms with Crippen molar-refractivity contribution >= 4 is 28.6 Å². The molecule has 0 atom stereocenters. The number of nitrogens with zero attached hydrogens (tertiary/aromatic N) is 2. The number of rotatable bonds is 3. The van der Waals surface area contributed by atoms with Gasteiger partial charge in [0.05, 0.1) is 10.6 Å². The molecular weight excluding hydrogens is 260 g/mol. The third-order valence-electron chi connectivity index (χ3n) is 2.09. The topological polar surface area (TPSA) is 54.1 Å². The van der Waals surface area contributed by atoms with Crippen molar-refractivity contribution in [3.63, 3.8) is 0 Å². The lowest BCUT2D eigenvalue weighted by Crippen LogP contribution is -3.00. The van der Waals surface area contributed by atoms with E-state index in [-0.39, 0.29) is 18.2 Å². The maximum Gasteiger partial charge on any atom is 0.313 e. The lowest BCUT2D eigenvalue weighted by molar-refractivity contribution is -0.730.